The number of oxime groups is 1. The summed E-state index contributed by atoms with van der Waals surface area (Å²) in [5.74, 6) is 0. The fourth-order valence-electron chi connectivity index (χ4n) is 1.58. The highest BCUT2D eigenvalue weighted by Crippen LogP contribution is 2.27. The van der Waals surface area contributed by atoms with Crippen molar-refractivity contribution in [3.8, 4) is 0 Å². The first kappa shape index (κ1) is 6.16. The molecule has 0 amide bonds. The predicted molar refractivity (Wildman–Crippen MR) is 39.0 cm³/mol. The molecular weight excluding hydrogens is 128 g/mol. The van der Waals surface area contributed by atoms with Crippen molar-refractivity contribution in [2.75, 3.05) is 13.1 Å². The second kappa shape index (κ2) is 2.23. The monoisotopic (exact) mass is 140 g/mol. The molecule has 56 valence electrons. The molecule has 0 radical (unpaired) electrons. The predicted octanol–water partition coefficient (Wildman–Crippen LogP) is 0.515. The van der Waals surface area contributed by atoms with Crippen LogP contribution in [0.15, 0.2) is 5.16 Å². The number of piperidine rings is 1. The highest BCUT2D eigenvalue weighted by molar-refractivity contribution is 5.60. The van der Waals surface area contributed by atoms with E-state index in [1.54, 1.807) is 0 Å². The highest BCUT2D eigenvalue weighted by atomic mass is 16.7. The number of rotatable bonds is 0. The summed E-state index contributed by atoms with van der Waals surface area (Å²) in [6.07, 6.45) is 5.22. The molecule has 2 rings (SSSR count). The minimum absolute atomic E-state index is 0.0399. The van der Waals surface area contributed by atoms with E-state index >= 15 is 0 Å². The average Bonchev–Trinajstić information content (AvgIpc) is 2.39. The minimum Gasteiger partial charge on any atom is -0.388 e. The van der Waals surface area contributed by atoms with Crippen molar-refractivity contribution < 1.29 is 4.84 Å². The quantitative estimate of drug-likeness (QED) is 0.532. The van der Waals surface area contributed by atoms with E-state index in [1.807, 2.05) is 6.21 Å². The third-order valence-electron chi connectivity index (χ3n) is 2.22. The van der Waals surface area contributed by atoms with Crippen molar-refractivity contribution in [1.82, 2.24) is 5.32 Å². The molecule has 1 atom stereocenters. The lowest BCUT2D eigenvalue weighted by Crippen LogP contribution is -2.45. The molecule has 2 aliphatic rings. The molecule has 1 unspecified atom stereocenters. The molecule has 3 nitrogen and oxygen atoms in total. The molecule has 0 aromatic rings. The van der Waals surface area contributed by atoms with Crippen LogP contribution in [0.1, 0.15) is 19.3 Å². The van der Waals surface area contributed by atoms with E-state index in [-0.39, 0.29) is 5.60 Å². The van der Waals surface area contributed by atoms with Crippen LogP contribution in [0, 0.1) is 0 Å². The Bertz CT molecular complexity index is 140. The van der Waals surface area contributed by atoms with Crippen LogP contribution in [0.2, 0.25) is 0 Å². The number of hydrogen-bond acceptors (Lipinski definition) is 3. The van der Waals surface area contributed by atoms with Gasteiger partial charge in [0.05, 0.1) is 0 Å². The fourth-order valence-corrected chi connectivity index (χ4v) is 1.58. The summed E-state index contributed by atoms with van der Waals surface area (Å²) in [6.45, 7) is 2.10. The van der Waals surface area contributed by atoms with Crippen molar-refractivity contribution in [2.45, 2.75) is 24.9 Å². The first-order valence-corrected chi connectivity index (χ1v) is 3.82. The number of nitrogens with zero attached hydrogens (tertiary/aromatic N) is 1. The molecule has 1 N–H and O–H groups in total. The zero-order valence-corrected chi connectivity index (χ0v) is 5.97. The van der Waals surface area contributed by atoms with Crippen molar-refractivity contribution in [3.63, 3.8) is 0 Å². The maximum atomic E-state index is 5.29. The van der Waals surface area contributed by atoms with Crippen LogP contribution in [-0.2, 0) is 4.84 Å². The molecular formula is C7H12N2O. The zero-order chi connectivity index (χ0) is 6.86. The molecule has 2 aliphatic heterocycles. The summed E-state index contributed by atoms with van der Waals surface area (Å²) < 4.78 is 0. The highest BCUT2D eigenvalue weighted by Gasteiger charge is 2.36. The van der Waals surface area contributed by atoms with Crippen molar-refractivity contribution in [1.29, 1.82) is 0 Å². The Hall–Kier alpha value is -0.570. The molecule has 0 aromatic heterocycles. The van der Waals surface area contributed by atoms with Gasteiger partial charge in [-0.05, 0) is 19.4 Å². The summed E-state index contributed by atoms with van der Waals surface area (Å²) in [6, 6.07) is 0. The van der Waals surface area contributed by atoms with Crippen LogP contribution < -0.4 is 5.32 Å². The van der Waals surface area contributed by atoms with Gasteiger partial charge in [0, 0.05) is 19.2 Å². The SMILES string of the molecule is C1=NOC2(C1)CCCNC2. The second-order valence-corrected chi connectivity index (χ2v) is 3.05. The van der Waals surface area contributed by atoms with Gasteiger partial charge in [-0.1, -0.05) is 5.16 Å². The van der Waals surface area contributed by atoms with Crippen LogP contribution in [0.25, 0.3) is 0 Å². The molecule has 0 aliphatic carbocycles. The summed E-state index contributed by atoms with van der Waals surface area (Å²) in [5, 5.41) is 7.11. The summed E-state index contributed by atoms with van der Waals surface area (Å²) in [7, 11) is 0. The molecule has 0 saturated carbocycles. The Labute approximate surface area is 60.4 Å². The number of nitrogens with one attached hydrogen (secondary N) is 1. The third-order valence-corrected chi connectivity index (χ3v) is 2.22. The van der Waals surface area contributed by atoms with Gasteiger partial charge < -0.3 is 10.2 Å². The van der Waals surface area contributed by atoms with Crippen molar-refractivity contribution in [2.24, 2.45) is 5.16 Å². The van der Waals surface area contributed by atoms with Gasteiger partial charge in [-0.3, -0.25) is 0 Å². The molecule has 1 spiro atoms. The summed E-state index contributed by atoms with van der Waals surface area (Å²) >= 11 is 0. The first-order valence-electron chi connectivity index (χ1n) is 3.82. The Kier molecular flexibility index (Phi) is 1.38. The van der Waals surface area contributed by atoms with Gasteiger partial charge in [-0.15, -0.1) is 0 Å². The van der Waals surface area contributed by atoms with E-state index < -0.39 is 0 Å². The molecule has 0 bridgehead atoms. The van der Waals surface area contributed by atoms with Crippen LogP contribution in [-0.4, -0.2) is 24.9 Å². The van der Waals surface area contributed by atoms with E-state index in [9.17, 15) is 0 Å². The van der Waals surface area contributed by atoms with Crippen molar-refractivity contribution >= 4 is 6.21 Å². The van der Waals surface area contributed by atoms with E-state index in [0.717, 1.165) is 25.9 Å². The lowest BCUT2D eigenvalue weighted by Gasteiger charge is -2.30. The molecule has 1 fully saturated rings. The van der Waals surface area contributed by atoms with Gasteiger partial charge >= 0.3 is 0 Å². The average molecular weight is 140 g/mol. The Morgan fingerprint density at radius 1 is 1.60 bits per heavy atom. The van der Waals surface area contributed by atoms with Crippen molar-refractivity contribution in [3.05, 3.63) is 0 Å². The van der Waals surface area contributed by atoms with Crippen LogP contribution in [0.3, 0.4) is 0 Å². The zero-order valence-electron chi connectivity index (χ0n) is 5.97. The standard InChI is InChI=1S/C7H12N2O/c1-2-7(6-8-4-1)3-5-9-10-7/h5,8H,1-4,6H2. The minimum atomic E-state index is 0.0399. The third kappa shape index (κ3) is 0.904. The second-order valence-electron chi connectivity index (χ2n) is 3.05. The maximum absolute atomic E-state index is 5.29. The summed E-state index contributed by atoms with van der Waals surface area (Å²) in [5.41, 5.74) is 0.0399. The fraction of sp³-hybridized carbons (Fsp3) is 0.857. The molecule has 2 heterocycles. The Morgan fingerprint density at radius 3 is 3.20 bits per heavy atom. The lowest BCUT2D eigenvalue weighted by molar-refractivity contribution is -0.0347. The summed E-state index contributed by atoms with van der Waals surface area (Å²) in [4.78, 5) is 5.29. The smallest absolute Gasteiger partial charge is 0.155 e. The van der Waals surface area contributed by atoms with E-state index in [4.69, 9.17) is 4.84 Å². The van der Waals surface area contributed by atoms with Gasteiger partial charge in [0.2, 0.25) is 0 Å². The molecule has 3 heteroatoms. The van der Waals surface area contributed by atoms with Gasteiger partial charge in [0.1, 0.15) is 0 Å². The number of hydrogen-bond donors (Lipinski definition) is 1. The Morgan fingerprint density at radius 2 is 2.60 bits per heavy atom. The molecule has 10 heavy (non-hydrogen) atoms. The van der Waals surface area contributed by atoms with Gasteiger partial charge in [0.15, 0.2) is 5.60 Å². The van der Waals surface area contributed by atoms with E-state index in [2.05, 4.69) is 10.5 Å². The lowest BCUT2D eigenvalue weighted by atomic mass is 9.92. The maximum Gasteiger partial charge on any atom is 0.155 e. The van der Waals surface area contributed by atoms with Crippen LogP contribution in [0.5, 0.6) is 0 Å². The first-order chi connectivity index (χ1) is 4.91. The molecule has 1 saturated heterocycles. The normalized spacial score (nSPS) is 38.4. The van der Waals surface area contributed by atoms with Crippen LogP contribution >= 0.6 is 0 Å². The van der Waals surface area contributed by atoms with Gasteiger partial charge in [-0.2, -0.15) is 0 Å². The molecule has 0 aromatic carbocycles. The van der Waals surface area contributed by atoms with Crippen LogP contribution in [0.4, 0.5) is 0 Å². The van der Waals surface area contributed by atoms with Gasteiger partial charge in [0.25, 0.3) is 0 Å². The topological polar surface area (TPSA) is 33.6 Å². The van der Waals surface area contributed by atoms with Gasteiger partial charge in [-0.25, -0.2) is 0 Å². The largest absolute Gasteiger partial charge is 0.388 e. The Balaban J connectivity index is 2.00. The van der Waals surface area contributed by atoms with E-state index in [0.29, 0.717) is 0 Å². The van der Waals surface area contributed by atoms with E-state index in [1.165, 1.54) is 6.42 Å².